The van der Waals surface area contributed by atoms with Crippen molar-refractivity contribution in [3.8, 4) is 11.1 Å². The molecule has 6 nitrogen and oxygen atoms in total. The number of carboxylic acid groups (broad SMARTS) is 1. The highest BCUT2D eigenvalue weighted by atomic mass is 16.4. The Morgan fingerprint density at radius 2 is 1.79 bits per heavy atom. The average molecular weight is 450 g/mol. The summed E-state index contributed by atoms with van der Waals surface area (Å²) in [6.07, 6.45) is 0. The van der Waals surface area contributed by atoms with Crippen molar-refractivity contribution in [2.45, 2.75) is 19.5 Å². The Kier molecular flexibility index (Phi) is 4.71. The minimum Gasteiger partial charge on any atom is -0.481 e. The molecular weight excluding hydrogens is 428 g/mol. The molecule has 0 saturated carbocycles. The first-order valence-electron chi connectivity index (χ1n) is 11.3. The molecule has 0 radical (unpaired) electrons. The quantitative estimate of drug-likeness (QED) is 0.385. The zero-order valence-electron chi connectivity index (χ0n) is 18.6. The van der Waals surface area contributed by atoms with Gasteiger partial charge in [-0.2, -0.15) is 0 Å². The van der Waals surface area contributed by atoms with Crippen LogP contribution in [0.2, 0.25) is 0 Å². The molecule has 1 saturated heterocycles. The lowest BCUT2D eigenvalue weighted by Gasteiger charge is -2.44. The van der Waals surface area contributed by atoms with Gasteiger partial charge >= 0.3 is 5.97 Å². The Morgan fingerprint density at radius 1 is 1.03 bits per heavy atom. The van der Waals surface area contributed by atoms with Gasteiger partial charge in [0, 0.05) is 24.5 Å². The monoisotopic (exact) mass is 450 g/mol. The average Bonchev–Trinajstić information content (AvgIpc) is 2.85. The molecular formula is C28H22N2O4. The van der Waals surface area contributed by atoms with Crippen LogP contribution < -0.4 is 5.43 Å². The highest BCUT2D eigenvalue weighted by Crippen LogP contribution is 2.29. The summed E-state index contributed by atoms with van der Waals surface area (Å²) in [7, 11) is 0. The third-order valence-electron chi connectivity index (χ3n) is 6.94. The molecule has 168 valence electrons. The lowest BCUT2D eigenvalue weighted by molar-refractivity contribution is -0.152. The Bertz CT molecular complexity index is 1640. The van der Waals surface area contributed by atoms with Gasteiger partial charge in [0.05, 0.1) is 22.2 Å². The fraction of sp³-hybridized carbons (Fsp3) is 0.179. The number of benzene rings is 3. The van der Waals surface area contributed by atoms with Crippen molar-refractivity contribution in [3.05, 3.63) is 88.6 Å². The van der Waals surface area contributed by atoms with E-state index in [4.69, 9.17) is 4.42 Å². The smallest absolute Gasteiger partial charge is 0.309 e. The van der Waals surface area contributed by atoms with Crippen LogP contribution in [0.5, 0.6) is 0 Å². The Labute approximate surface area is 195 Å². The van der Waals surface area contributed by atoms with Crippen molar-refractivity contribution in [1.29, 1.82) is 0 Å². The molecule has 34 heavy (non-hydrogen) atoms. The maximum Gasteiger partial charge on any atom is 0.309 e. The van der Waals surface area contributed by atoms with E-state index in [9.17, 15) is 14.7 Å². The first-order valence-corrected chi connectivity index (χ1v) is 11.3. The van der Waals surface area contributed by atoms with Crippen molar-refractivity contribution >= 4 is 38.9 Å². The largest absolute Gasteiger partial charge is 0.481 e. The fourth-order valence-electron chi connectivity index (χ4n) is 4.78. The Hall–Kier alpha value is -4.03. The summed E-state index contributed by atoms with van der Waals surface area (Å²) < 4.78 is 5.98. The molecule has 6 heteroatoms. The standard InChI is InChI=1S/C28H22N2O4/c1-16-23(28(32)33)15-30(16)14-17-6-8-18(9-7-17)19-10-11-25-21(12-19)26(31)22-13-20-4-2-3-5-24(20)29-27(22)34-25/h2-13,16,23H,14-15H2,1H3,(H,32,33). The number of aliphatic carboxylic acids is 1. The van der Waals surface area contributed by atoms with E-state index < -0.39 is 5.97 Å². The Balaban J connectivity index is 1.32. The normalized spacial score (nSPS) is 18.4. The van der Waals surface area contributed by atoms with E-state index >= 15 is 0 Å². The number of rotatable bonds is 4. The lowest BCUT2D eigenvalue weighted by atomic mass is 9.89. The van der Waals surface area contributed by atoms with E-state index in [1.54, 1.807) is 0 Å². The van der Waals surface area contributed by atoms with Gasteiger partial charge in [-0.1, -0.05) is 48.5 Å². The van der Waals surface area contributed by atoms with Crippen molar-refractivity contribution in [2.24, 2.45) is 5.92 Å². The highest BCUT2D eigenvalue weighted by Gasteiger charge is 2.40. The summed E-state index contributed by atoms with van der Waals surface area (Å²) in [6, 6.07) is 23.4. The predicted molar refractivity (Wildman–Crippen MR) is 132 cm³/mol. The molecule has 0 bridgehead atoms. The number of pyridine rings is 1. The van der Waals surface area contributed by atoms with E-state index in [1.165, 1.54) is 0 Å². The van der Waals surface area contributed by atoms with Gasteiger partial charge in [0.1, 0.15) is 5.58 Å². The van der Waals surface area contributed by atoms with E-state index in [1.807, 2.05) is 67.6 Å². The lowest BCUT2D eigenvalue weighted by Crippen LogP contribution is -2.56. The van der Waals surface area contributed by atoms with Crippen LogP contribution >= 0.6 is 0 Å². The summed E-state index contributed by atoms with van der Waals surface area (Å²) in [5.74, 6) is -1.01. The molecule has 1 aliphatic rings. The molecule has 2 unspecified atom stereocenters. The van der Waals surface area contributed by atoms with E-state index in [2.05, 4.69) is 22.0 Å². The van der Waals surface area contributed by atoms with Crippen LogP contribution in [-0.2, 0) is 11.3 Å². The molecule has 0 amide bonds. The van der Waals surface area contributed by atoms with Crippen molar-refractivity contribution in [1.82, 2.24) is 9.88 Å². The van der Waals surface area contributed by atoms with Crippen LogP contribution in [0.4, 0.5) is 0 Å². The number of para-hydroxylation sites is 1. The third-order valence-corrected chi connectivity index (χ3v) is 6.94. The maximum absolute atomic E-state index is 13.3. The molecule has 3 aromatic carbocycles. The van der Waals surface area contributed by atoms with Gasteiger partial charge in [-0.05, 0) is 47.9 Å². The molecule has 1 N–H and O–H groups in total. The van der Waals surface area contributed by atoms with E-state index in [0.29, 0.717) is 28.6 Å². The van der Waals surface area contributed by atoms with Crippen molar-refractivity contribution < 1.29 is 14.3 Å². The van der Waals surface area contributed by atoms with Crippen LogP contribution in [0, 0.1) is 5.92 Å². The molecule has 5 aromatic rings. The summed E-state index contributed by atoms with van der Waals surface area (Å²) in [5.41, 5.74) is 4.63. The van der Waals surface area contributed by atoms with Gasteiger partial charge < -0.3 is 9.52 Å². The van der Waals surface area contributed by atoms with Gasteiger partial charge in [-0.3, -0.25) is 14.5 Å². The zero-order chi connectivity index (χ0) is 23.4. The Morgan fingerprint density at radius 3 is 2.56 bits per heavy atom. The van der Waals surface area contributed by atoms with Gasteiger partial charge in [-0.25, -0.2) is 4.98 Å². The van der Waals surface area contributed by atoms with Crippen LogP contribution in [0.3, 0.4) is 0 Å². The maximum atomic E-state index is 13.3. The number of likely N-dealkylation sites (tertiary alicyclic amines) is 1. The molecule has 2 atom stereocenters. The van der Waals surface area contributed by atoms with E-state index in [-0.39, 0.29) is 17.4 Å². The number of carboxylic acids is 1. The number of aromatic nitrogens is 1. The number of fused-ring (bicyclic) bond motifs is 3. The summed E-state index contributed by atoms with van der Waals surface area (Å²) >= 11 is 0. The molecule has 0 aliphatic carbocycles. The summed E-state index contributed by atoms with van der Waals surface area (Å²) in [4.78, 5) is 31.2. The second kappa shape index (κ2) is 7.78. The fourth-order valence-corrected chi connectivity index (χ4v) is 4.78. The third kappa shape index (κ3) is 3.35. The van der Waals surface area contributed by atoms with Crippen LogP contribution in [0.15, 0.2) is 82.0 Å². The van der Waals surface area contributed by atoms with Crippen molar-refractivity contribution in [2.75, 3.05) is 6.54 Å². The minimum absolute atomic E-state index is 0.0401. The highest BCUT2D eigenvalue weighted by molar-refractivity contribution is 5.96. The van der Waals surface area contributed by atoms with Gasteiger partial charge in [0.25, 0.3) is 0 Å². The van der Waals surface area contributed by atoms with Gasteiger partial charge in [-0.15, -0.1) is 0 Å². The number of nitrogens with zero attached hydrogens (tertiary/aromatic N) is 2. The zero-order valence-corrected chi connectivity index (χ0v) is 18.6. The molecule has 1 fully saturated rings. The minimum atomic E-state index is -0.725. The predicted octanol–water partition coefficient (Wildman–Crippen LogP) is 5.07. The first-order chi connectivity index (χ1) is 16.5. The number of hydrogen-bond acceptors (Lipinski definition) is 5. The van der Waals surface area contributed by atoms with E-state index in [0.717, 1.165) is 34.1 Å². The molecule has 2 aromatic heterocycles. The first kappa shape index (κ1) is 20.6. The van der Waals surface area contributed by atoms with Crippen LogP contribution in [-0.4, -0.2) is 33.5 Å². The summed E-state index contributed by atoms with van der Waals surface area (Å²) in [5, 5.41) is 11.1. The van der Waals surface area contributed by atoms with Gasteiger partial charge in [0.2, 0.25) is 11.1 Å². The molecule has 0 spiro atoms. The number of hydrogen-bond donors (Lipinski definition) is 1. The SMILES string of the molecule is CC1C(C(=O)O)CN1Cc1ccc(-c2ccc3oc4nc5ccccc5cc4c(=O)c3c2)cc1. The summed E-state index contributed by atoms with van der Waals surface area (Å²) in [6.45, 7) is 3.26. The molecule has 3 heterocycles. The number of carbonyl (C=O) groups is 1. The van der Waals surface area contributed by atoms with Crippen LogP contribution in [0.1, 0.15) is 12.5 Å². The second-order valence-electron chi connectivity index (χ2n) is 8.99. The van der Waals surface area contributed by atoms with Gasteiger partial charge in [0.15, 0.2) is 0 Å². The second-order valence-corrected chi connectivity index (χ2v) is 8.99. The topological polar surface area (TPSA) is 83.6 Å². The van der Waals surface area contributed by atoms with Crippen molar-refractivity contribution in [3.63, 3.8) is 0 Å². The molecule has 6 rings (SSSR count). The van der Waals surface area contributed by atoms with Crippen LogP contribution in [0.25, 0.3) is 44.1 Å². The molecule has 1 aliphatic heterocycles.